The molecule has 2 rings (SSSR count). The van der Waals surface area contributed by atoms with Crippen molar-refractivity contribution in [1.82, 2.24) is 10.9 Å². The van der Waals surface area contributed by atoms with E-state index in [1.54, 1.807) is 54.6 Å². The number of hydrogen-bond acceptors (Lipinski definition) is 4. The number of halogens is 1. The Labute approximate surface area is 162 Å². The van der Waals surface area contributed by atoms with E-state index in [2.05, 4.69) is 17.4 Å². The van der Waals surface area contributed by atoms with Crippen molar-refractivity contribution in [3.05, 3.63) is 77.3 Å². The molecule has 0 heterocycles. The molecular weight excluding hydrogens is 368 g/mol. The van der Waals surface area contributed by atoms with Gasteiger partial charge in [0.05, 0.1) is 17.7 Å². The lowest BCUT2D eigenvalue weighted by Gasteiger charge is -2.09. The van der Waals surface area contributed by atoms with E-state index >= 15 is 0 Å². The van der Waals surface area contributed by atoms with Crippen molar-refractivity contribution < 1.29 is 19.1 Å². The molecule has 0 radical (unpaired) electrons. The first kappa shape index (κ1) is 20.1. The lowest BCUT2D eigenvalue weighted by Crippen LogP contribution is -2.40. The lowest BCUT2D eigenvalue weighted by molar-refractivity contribution is -0.117. The van der Waals surface area contributed by atoms with Crippen molar-refractivity contribution in [2.75, 3.05) is 13.7 Å². The van der Waals surface area contributed by atoms with Crippen molar-refractivity contribution in [3.63, 3.8) is 0 Å². The van der Waals surface area contributed by atoms with Crippen LogP contribution in [0.2, 0.25) is 5.02 Å². The summed E-state index contributed by atoms with van der Waals surface area (Å²) in [6.45, 7) is 3.95. The smallest absolute Gasteiger partial charge is 0.271 e. The van der Waals surface area contributed by atoms with Crippen molar-refractivity contribution in [3.8, 4) is 11.5 Å². The second kappa shape index (κ2) is 10.0. The van der Waals surface area contributed by atoms with E-state index in [9.17, 15) is 9.59 Å². The fourth-order valence-corrected chi connectivity index (χ4v) is 2.32. The van der Waals surface area contributed by atoms with Crippen LogP contribution in [0.25, 0.3) is 6.08 Å². The molecule has 2 aromatic rings. The third-order valence-electron chi connectivity index (χ3n) is 3.39. The minimum atomic E-state index is -0.507. The number of hydrogen-bond donors (Lipinski definition) is 2. The van der Waals surface area contributed by atoms with Gasteiger partial charge < -0.3 is 9.47 Å². The maximum absolute atomic E-state index is 12.0. The molecule has 2 amide bonds. The third kappa shape index (κ3) is 5.90. The van der Waals surface area contributed by atoms with Gasteiger partial charge in [0.15, 0.2) is 11.5 Å². The monoisotopic (exact) mass is 386 g/mol. The zero-order valence-corrected chi connectivity index (χ0v) is 15.5. The van der Waals surface area contributed by atoms with Crippen LogP contribution < -0.4 is 20.3 Å². The molecule has 140 valence electrons. The van der Waals surface area contributed by atoms with Gasteiger partial charge in [0.25, 0.3) is 11.8 Å². The molecule has 0 aliphatic rings. The standard InChI is InChI=1S/C20H19ClN2O4/c1-3-12-27-17-10-8-14(13-18(17)26-2)9-11-19(24)22-23-20(25)15-6-4-5-7-16(15)21/h3-11,13H,1,12H2,2H3,(H,22,24)(H,23,25)/b11-9+. The van der Waals surface area contributed by atoms with Gasteiger partial charge in [-0.15, -0.1) is 0 Å². The second-order valence-electron chi connectivity index (χ2n) is 5.27. The Morgan fingerprint density at radius 3 is 2.63 bits per heavy atom. The Morgan fingerprint density at radius 2 is 1.93 bits per heavy atom. The van der Waals surface area contributed by atoms with Crippen LogP contribution in [0.3, 0.4) is 0 Å². The predicted octanol–water partition coefficient (Wildman–Crippen LogP) is 3.39. The highest BCUT2D eigenvalue weighted by Crippen LogP contribution is 2.28. The van der Waals surface area contributed by atoms with Gasteiger partial charge in [-0.1, -0.05) is 42.5 Å². The van der Waals surface area contributed by atoms with Gasteiger partial charge in [0, 0.05) is 6.08 Å². The van der Waals surface area contributed by atoms with E-state index in [0.717, 1.165) is 5.56 Å². The number of carbonyl (C=O) groups is 2. The first-order valence-electron chi connectivity index (χ1n) is 7.99. The third-order valence-corrected chi connectivity index (χ3v) is 3.72. The Morgan fingerprint density at radius 1 is 1.15 bits per heavy atom. The Bertz CT molecular complexity index is 865. The van der Waals surface area contributed by atoms with Crippen molar-refractivity contribution in [1.29, 1.82) is 0 Å². The molecule has 0 atom stereocenters. The molecule has 0 aliphatic carbocycles. The van der Waals surface area contributed by atoms with Gasteiger partial charge in [-0.05, 0) is 35.9 Å². The minimum absolute atomic E-state index is 0.267. The summed E-state index contributed by atoms with van der Waals surface area (Å²) in [6, 6.07) is 11.8. The molecule has 0 aliphatic heterocycles. The van der Waals surface area contributed by atoms with E-state index < -0.39 is 11.8 Å². The van der Waals surface area contributed by atoms with E-state index in [-0.39, 0.29) is 5.56 Å². The number of benzene rings is 2. The molecule has 2 N–H and O–H groups in total. The van der Waals surface area contributed by atoms with Crippen LogP contribution in [0.1, 0.15) is 15.9 Å². The van der Waals surface area contributed by atoms with E-state index in [1.807, 2.05) is 0 Å². The van der Waals surface area contributed by atoms with Gasteiger partial charge in [0.1, 0.15) is 6.61 Å². The molecule has 0 spiro atoms. The number of rotatable bonds is 7. The van der Waals surface area contributed by atoms with Crippen LogP contribution in [0.4, 0.5) is 0 Å². The summed E-state index contributed by atoms with van der Waals surface area (Å²) in [7, 11) is 1.53. The maximum atomic E-state index is 12.0. The molecule has 6 nitrogen and oxygen atoms in total. The molecule has 0 fully saturated rings. The molecular formula is C20H19ClN2O4. The minimum Gasteiger partial charge on any atom is -0.493 e. The second-order valence-corrected chi connectivity index (χ2v) is 5.67. The molecule has 2 aromatic carbocycles. The van der Waals surface area contributed by atoms with Crippen LogP contribution in [-0.2, 0) is 4.79 Å². The van der Waals surface area contributed by atoms with Gasteiger partial charge in [-0.2, -0.15) is 0 Å². The largest absolute Gasteiger partial charge is 0.493 e. The number of carbonyl (C=O) groups excluding carboxylic acids is 2. The normalized spacial score (nSPS) is 10.3. The fourth-order valence-electron chi connectivity index (χ4n) is 2.10. The summed E-state index contributed by atoms with van der Waals surface area (Å²) < 4.78 is 10.7. The number of ether oxygens (including phenoxy) is 2. The quantitative estimate of drug-likeness (QED) is 0.434. The van der Waals surface area contributed by atoms with Crippen molar-refractivity contribution in [2.24, 2.45) is 0 Å². The summed E-state index contributed by atoms with van der Waals surface area (Å²) in [5.41, 5.74) is 5.59. The van der Waals surface area contributed by atoms with Crippen molar-refractivity contribution >= 4 is 29.5 Å². The number of methoxy groups -OCH3 is 1. The summed E-state index contributed by atoms with van der Waals surface area (Å²) in [5, 5.41) is 0.297. The summed E-state index contributed by atoms with van der Waals surface area (Å²) in [4.78, 5) is 23.9. The molecule has 0 saturated carbocycles. The number of amides is 2. The molecule has 0 aromatic heterocycles. The highest BCUT2D eigenvalue weighted by molar-refractivity contribution is 6.33. The SMILES string of the molecule is C=CCOc1ccc(/C=C/C(=O)NNC(=O)c2ccccc2Cl)cc1OC. The first-order chi connectivity index (χ1) is 13.0. The van der Waals surface area contributed by atoms with E-state index in [1.165, 1.54) is 13.2 Å². The Kier molecular flexibility index (Phi) is 7.46. The van der Waals surface area contributed by atoms with E-state index in [4.69, 9.17) is 21.1 Å². The molecule has 0 unspecified atom stereocenters. The molecule has 0 bridgehead atoms. The number of hydrazine groups is 1. The summed E-state index contributed by atoms with van der Waals surface area (Å²) in [5.74, 6) is 0.103. The fraction of sp³-hybridized carbons (Fsp3) is 0.100. The summed E-state index contributed by atoms with van der Waals surface area (Å²) >= 11 is 5.93. The Hall–Kier alpha value is -3.25. The van der Waals surface area contributed by atoms with Gasteiger partial charge in [-0.25, -0.2) is 0 Å². The maximum Gasteiger partial charge on any atom is 0.271 e. The molecule has 27 heavy (non-hydrogen) atoms. The van der Waals surface area contributed by atoms with Gasteiger partial charge in [0.2, 0.25) is 0 Å². The molecule has 7 heteroatoms. The first-order valence-corrected chi connectivity index (χ1v) is 8.37. The van der Waals surface area contributed by atoms with Gasteiger partial charge in [-0.3, -0.25) is 20.4 Å². The van der Waals surface area contributed by atoms with Crippen LogP contribution in [0, 0.1) is 0 Å². The number of nitrogens with one attached hydrogen (secondary N) is 2. The summed E-state index contributed by atoms with van der Waals surface area (Å²) in [6.07, 6.45) is 4.50. The van der Waals surface area contributed by atoms with Gasteiger partial charge >= 0.3 is 0 Å². The predicted molar refractivity (Wildman–Crippen MR) is 105 cm³/mol. The van der Waals surface area contributed by atoms with Crippen molar-refractivity contribution in [2.45, 2.75) is 0 Å². The lowest BCUT2D eigenvalue weighted by atomic mass is 10.2. The molecule has 0 saturated heterocycles. The zero-order valence-electron chi connectivity index (χ0n) is 14.7. The van der Waals surface area contributed by atoms with Crippen LogP contribution >= 0.6 is 11.6 Å². The topological polar surface area (TPSA) is 76.7 Å². The van der Waals surface area contributed by atoms with Crippen LogP contribution in [-0.4, -0.2) is 25.5 Å². The average Bonchev–Trinajstić information content (AvgIpc) is 2.69. The zero-order chi connectivity index (χ0) is 19.6. The van der Waals surface area contributed by atoms with Crippen LogP contribution in [0.15, 0.2) is 61.2 Å². The average molecular weight is 387 g/mol. The Balaban J connectivity index is 1.95. The van der Waals surface area contributed by atoms with Crippen LogP contribution in [0.5, 0.6) is 11.5 Å². The van der Waals surface area contributed by atoms with E-state index in [0.29, 0.717) is 23.1 Å². The highest BCUT2D eigenvalue weighted by Gasteiger charge is 2.09. The highest BCUT2D eigenvalue weighted by atomic mass is 35.5.